The number of hydrogen-bond donors (Lipinski definition) is 9. The Morgan fingerprint density at radius 3 is 2.39 bits per heavy atom. The smallest absolute Gasteiger partial charge is 0.386 e. The average Bonchev–Trinajstić information content (AvgIpc) is 3.57. The minimum absolute atomic E-state index is 0.0310. The van der Waals surface area contributed by atoms with Crippen molar-refractivity contribution in [2.24, 2.45) is 5.41 Å². The van der Waals surface area contributed by atoms with Crippen LogP contribution in [0.5, 0.6) is 0 Å². The van der Waals surface area contributed by atoms with Crippen LogP contribution in [0.15, 0.2) is 12.7 Å². The van der Waals surface area contributed by atoms with E-state index in [0.29, 0.717) is 5.75 Å². The zero-order valence-electron chi connectivity index (χ0n) is 27.1. The molecular formula is C23H38N7O17P3S. The molecule has 0 radical (unpaired) electrons. The Morgan fingerprint density at radius 1 is 1.08 bits per heavy atom. The van der Waals surface area contributed by atoms with Gasteiger partial charge in [-0.2, -0.15) is 4.31 Å². The predicted octanol–water partition coefficient (Wildman–Crippen LogP) is -1.32. The lowest BCUT2D eigenvalue weighted by Gasteiger charge is -2.30. The van der Waals surface area contributed by atoms with Gasteiger partial charge in [0, 0.05) is 37.6 Å². The highest BCUT2D eigenvalue weighted by atomic mass is 32.2. The summed E-state index contributed by atoms with van der Waals surface area (Å²) < 4.78 is 61.8. The van der Waals surface area contributed by atoms with Crippen molar-refractivity contribution in [2.45, 2.75) is 57.8 Å². The van der Waals surface area contributed by atoms with Crippen LogP contribution in [0.3, 0.4) is 0 Å². The van der Waals surface area contributed by atoms with Gasteiger partial charge < -0.3 is 50.9 Å². The Labute approximate surface area is 293 Å². The van der Waals surface area contributed by atoms with Crippen LogP contribution in [-0.2, 0) is 50.7 Å². The highest BCUT2D eigenvalue weighted by Gasteiger charge is 2.50. The maximum absolute atomic E-state index is 12.6. The van der Waals surface area contributed by atoms with Crippen molar-refractivity contribution in [3.63, 3.8) is 0 Å². The summed E-state index contributed by atoms with van der Waals surface area (Å²) in [5.41, 5.74) is 4.26. The van der Waals surface area contributed by atoms with E-state index < -0.39 is 84.6 Å². The summed E-state index contributed by atoms with van der Waals surface area (Å²) >= 11 is 1.03. The van der Waals surface area contributed by atoms with E-state index in [4.69, 9.17) is 19.5 Å². The third-order valence-electron chi connectivity index (χ3n) is 6.81. The second-order valence-corrected chi connectivity index (χ2v) is 16.9. The van der Waals surface area contributed by atoms with Crippen molar-refractivity contribution in [3.05, 3.63) is 12.7 Å². The molecule has 2 aromatic heterocycles. The lowest BCUT2D eigenvalue weighted by Crippen LogP contribution is -2.46. The fraction of sp³-hybridized carbons (Fsp3) is 0.652. The number of thioether (sulfide) groups is 1. The van der Waals surface area contributed by atoms with Gasteiger partial charge in [-0.3, -0.25) is 32.5 Å². The van der Waals surface area contributed by atoms with Crippen molar-refractivity contribution in [2.75, 3.05) is 37.8 Å². The van der Waals surface area contributed by atoms with Crippen molar-refractivity contribution in [1.29, 1.82) is 0 Å². The zero-order valence-corrected chi connectivity index (χ0v) is 30.6. The van der Waals surface area contributed by atoms with E-state index in [9.17, 15) is 57.9 Å². The largest absolute Gasteiger partial charge is 0.481 e. The van der Waals surface area contributed by atoms with Crippen LogP contribution in [-0.4, -0.2) is 123 Å². The number of aromatic nitrogens is 4. The van der Waals surface area contributed by atoms with Crippen LogP contribution in [0.1, 0.15) is 33.4 Å². The minimum atomic E-state index is -5.56. The molecule has 0 spiro atoms. The number of phosphoric ester groups is 3. The first kappa shape index (κ1) is 43.0. The minimum Gasteiger partial charge on any atom is -0.386 e. The number of fused-ring (bicyclic) bond motifs is 1. The first-order chi connectivity index (χ1) is 23.5. The molecular weight excluding hydrogens is 773 g/mol. The highest BCUT2D eigenvalue weighted by Crippen LogP contribution is 2.61. The molecule has 28 heteroatoms. The van der Waals surface area contributed by atoms with Gasteiger partial charge in [-0.1, -0.05) is 25.6 Å². The van der Waals surface area contributed by atoms with E-state index in [0.717, 1.165) is 29.0 Å². The summed E-state index contributed by atoms with van der Waals surface area (Å²) in [6.07, 6.45) is -6.88. The molecule has 1 saturated heterocycles. The first-order valence-corrected chi connectivity index (χ1v) is 20.0. The lowest BCUT2D eigenvalue weighted by molar-refractivity contribution is -0.137. The fourth-order valence-corrected chi connectivity index (χ4v) is 7.65. The van der Waals surface area contributed by atoms with E-state index >= 15 is 0 Å². The van der Waals surface area contributed by atoms with Gasteiger partial charge in [-0.05, 0) is 0 Å². The summed E-state index contributed by atoms with van der Waals surface area (Å²) in [5.74, 6) is -1.08. The molecule has 0 aromatic carbocycles. The highest BCUT2D eigenvalue weighted by molar-refractivity contribution is 8.13. The Hall–Kier alpha value is -2.44. The van der Waals surface area contributed by atoms with E-state index in [1.807, 2.05) is 0 Å². The first-order valence-electron chi connectivity index (χ1n) is 14.5. The number of imidazole rings is 1. The number of aliphatic hydroxyl groups is 2. The van der Waals surface area contributed by atoms with Gasteiger partial charge in [0.25, 0.3) is 0 Å². The topological polar surface area (TPSA) is 364 Å². The number of nitrogens with one attached hydrogen (secondary N) is 2. The monoisotopic (exact) mass is 811 g/mol. The molecule has 1 fully saturated rings. The van der Waals surface area contributed by atoms with E-state index in [-0.39, 0.29) is 41.6 Å². The second kappa shape index (κ2) is 17.6. The second-order valence-electron chi connectivity index (χ2n) is 11.4. The molecule has 0 bridgehead atoms. The third-order valence-corrected chi connectivity index (χ3v) is 10.7. The molecule has 3 rings (SSSR count). The number of phosphoric acid groups is 3. The van der Waals surface area contributed by atoms with Crippen LogP contribution in [0.25, 0.3) is 11.2 Å². The Balaban J connectivity index is 1.55. The van der Waals surface area contributed by atoms with E-state index in [2.05, 4.69) is 34.4 Å². The molecule has 0 saturated carbocycles. The van der Waals surface area contributed by atoms with Gasteiger partial charge in [0.05, 0.1) is 19.5 Å². The molecule has 10 N–H and O–H groups in total. The van der Waals surface area contributed by atoms with Crippen molar-refractivity contribution in [1.82, 2.24) is 30.2 Å². The molecule has 3 heterocycles. The molecule has 7 atom stereocenters. The van der Waals surface area contributed by atoms with Gasteiger partial charge in [0.1, 0.15) is 36.3 Å². The molecule has 0 aliphatic carbocycles. The molecule has 51 heavy (non-hydrogen) atoms. The van der Waals surface area contributed by atoms with Gasteiger partial charge in [0.2, 0.25) is 11.8 Å². The number of carbonyl (C=O) groups excluding carboxylic acids is 3. The van der Waals surface area contributed by atoms with Crippen molar-refractivity contribution >= 4 is 69.1 Å². The lowest BCUT2D eigenvalue weighted by atomic mass is 9.87. The predicted molar refractivity (Wildman–Crippen MR) is 173 cm³/mol. The van der Waals surface area contributed by atoms with E-state index in [1.165, 1.54) is 20.8 Å². The van der Waals surface area contributed by atoms with E-state index in [1.54, 1.807) is 0 Å². The summed E-state index contributed by atoms with van der Waals surface area (Å²) in [5, 5.41) is 26.1. The number of nitrogens with two attached hydrogens (primary N) is 1. The van der Waals surface area contributed by atoms with Crippen molar-refractivity contribution < 1.29 is 80.5 Å². The molecule has 2 unspecified atom stereocenters. The standard InChI is InChI=1S/C23H38N7O17P3S/c1-12(31)51-7-6-25-14(32)4-5-26-21(35)18(34)23(2,3)9-44-50(41,42)47-49(39,40)43-8-13-17(46-48(36,37)38)16(33)22(45-13)30-11-29-15-19(24)27-10-28-20(15)30/h10-11,13,16-18,22,33-34H,4-9H2,1-3H3,(H,25,32)(H,26,35)(H,39,40)(H,41,42)(H2,24,27,28)(H2,36,37,38)/t13-,16-,17-,18+,22-/m1/s1/i16+1,22+1. The van der Waals surface area contributed by atoms with Gasteiger partial charge >= 0.3 is 23.5 Å². The number of anilines is 1. The Kier molecular flexibility index (Phi) is 14.8. The molecule has 2 aromatic rings. The Bertz CT molecular complexity index is 1710. The number of rotatable bonds is 19. The number of aliphatic hydroxyl groups excluding tert-OH is 2. The number of nitrogens with zero attached hydrogens (tertiary/aromatic N) is 4. The summed E-state index contributed by atoms with van der Waals surface area (Å²) in [6, 6.07) is 0. The number of hydrogen-bond acceptors (Lipinski definition) is 18. The maximum atomic E-state index is 12.6. The maximum Gasteiger partial charge on any atom is 0.481 e. The normalized spacial score (nSPS) is 22.6. The quantitative estimate of drug-likeness (QED) is 0.0451. The third kappa shape index (κ3) is 12.9. The number of carbonyl (C=O) groups is 3. The molecule has 1 aliphatic heterocycles. The van der Waals surface area contributed by atoms with Crippen molar-refractivity contribution in [3.8, 4) is 0 Å². The summed E-state index contributed by atoms with van der Waals surface area (Å²) in [6.45, 7) is 1.90. The molecule has 24 nitrogen and oxygen atoms in total. The number of nitrogen functional groups attached to an aromatic ring is 1. The van der Waals surface area contributed by atoms with Gasteiger partial charge in [0.15, 0.2) is 22.8 Å². The van der Waals surface area contributed by atoms with Gasteiger partial charge in [-0.25, -0.2) is 28.6 Å². The molecule has 288 valence electrons. The molecule has 2 amide bonds. The van der Waals surface area contributed by atoms with Crippen LogP contribution in [0.4, 0.5) is 5.82 Å². The van der Waals surface area contributed by atoms with Gasteiger partial charge in [-0.15, -0.1) is 0 Å². The molecule has 1 aliphatic rings. The van der Waals surface area contributed by atoms with Crippen LogP contribution >= 0.6 is 35.2 Å². The van der Waals surface area contributed by atoms with Crippen LogP contribution in [0.2, 0.25) is 0 Å². The van der Waals surface area contributed by atoms with Crippen LogP contribution in [0, 0.1) is 5.41 Å². The fourth-order valence-electron chi connectivity index (χ4n) is 4.32. The number of amides is 2. The van der Waals surface area contributed by atoms with Crippen LogP contribution < -0.4 is 16.4 Å². The Morgan fingerprint density at radius 2 is 1.75 bits per heavy atom. The number of ether oxygens (including phenoxy) is 1. The average molecular weight is 812 g/mol. The SMILES string of the molecule is CC(=O)SCCNC(=O)CCNC(=O)[C@H](O)C(C)(C)COP(=O)(O)OP(=O)(O)OC[C@H]1O[13C@@H](n2cnc3c(N)ncnc32)[13C@H](O)[C@@H]1OP(=O)(O)O. The summed E-state index contributed by atoms with van der Waals surface area (Å²) in [4.78, 5) is 85.9. The zero-order chi connectivity index (χ0) is 38.4. The summed E-state index contributed by atoms with van der Waals surface area (Å²) in [7, 11) is -16.4.